The maximum absolute atomic E-state index is 11.4. The van der Waals surface area contributed by atoms with Crippen molar-refractivity contribution in [3.63, 3.8) is 0 Å². The van der Waals surface area contributed by atoms with E-state index in [9.17, 15) is 4.79 Å². The van der Waals surface area contributed by atoms with Crippen LogP contribution in [0.4, 0.5) is 0 Å². The third-order valence-corrected chi connectivity index (χ3v) is 3.93. The van der Waals surface area contributed by atoms with Gasteiger partial charge in [0.2, 0.25) is 0 Å². The maximum Gasteiger partial charge on any atom is 0.134 e. The molecule has 0 aromatic heterocycles. The Morgan fingerprint density at radius 1 is 1.07 bits per heavy atom. The van der Waals surface area contributed by atoms with Gasteiger partial charge in [0.05, 0.1) is 0 Å². The highest BCUT2D eigenvalue weighted by atomic mass is 16.1. The summed E-state index contributed by atoms with van der Waals surface area (Å²) in [5.74, 6) is 0.478. The zero-order valence-electron chi connectivity index (χ0n) is 9.17. The van der Waals surface area contributed by atoms with Gasteiger partial charge in [0.1, 0.15) is 5.78 Å². The van der Waals surface area contributed by atoms with Crippen molar-refractivity contribution in [2.45, 2.75) is 63.5 Å². The van der Waals surface area contributed by atoms with E-state index in [1.54, 1.807) is 0 Å². The van der Waals surface area contributed by atoms with Gasteiger partial charge in [-0.05, 0) is 32.7 Å². The van der Waals surface area contributed by atoms with Crippen LogP contribution in [0.5, 0.6) is 0 Å². The molecular formula is C12H21NO. The van der Waals surface area contributed by atoms with Crippen LogP contribution in [0.1, 0.15) is 51.4 Å². The molecule has 2 rings (SSSR count). The molecule has 1 atom stereocenters. The van der Waals surface area contributed by atoms with Crippen molar-refractivity contribution < 1.29 is 4.79 Å². The van der Waals surface area contributed by atoms with E-state index in [4.69, 9.17) is 0 Å². The smallest absolute Gasteiger partial charge is 0.134 e. The molecule has 0 aliphatic heterocycles. The molecule has 0 heterocycles. The predicted octanol–water partition coefficient (Wildman–Crippen LogP) is 2.37. The van der Waals surface area contributed by atoms with Gasteiger partial charge in [0, 0.05) is 24.9 Å². The third kappa shape index (κ3) is 2.17. The summed E-state index contributed by atoms with van der Waals surface area (Å²) in [7, 11) is 2.22. The second kappa shape index (κ2) is 4.43. The van der Waals surface area contributed by atoms with Crippen LogP contribution in [0.15, 0.2) is 0 Å². The van der Waals surface area contributed by atoms with Crippen molar-refractivity contribution in [1.82, 2.24) is 4.90 Å². The molecule has 2 fully saturated rings. The van der Waals surface area contributed by atoms with Crippen molar-refractivity contribution in [2.24, 2.45) is 0 Å². The molecule has 1 unspecified atom stereocenters. The van der Waals surface area contributed by atoms with Gasteiger partial charge in [-0.25, -0.2) is 0 Å². The van der Waals surface area contributed by atoms with Gasteiger partial charge in [0.25, 0.3) is 0 Å². The van der Waals surface area contributed by atoms with E-state index in [0.717, 1.165) is 25.3 Å². The molecule has 80 valence electrons. The standard InChI is InChI=1S/C12H21NO/c1-13(10-5-2-3-6-10)11-7-4-8-12(14)9-11/h10-11H,2-9H2,1H3. The minimum atomic E-state index is 0.478. The summed E-state index contributed by atoms with van der Waals surface area (Å²) in [6, 6.07) is 1.32. The van der Waals surface area contributed by atoms with E-state index in [-0.39, 0.29) is 0 Å². The Labute approximate surface area is 86.7 Å². The topological polar surface area (TPSA) is 20.3 Å². The van der Waals surface area contributed by atoms with Crippen molar-refractivity contribution in [2.75, 3.05) is 7.05 Å². The number of carbonyl (C=O) groups is 1. The molecule has 2 nitrogen and oxygen atoms in total. The molecule has 2 heteroatoms. The molecule has 14 heavy (non-hydrogen) atoms. The van der Waals surface area contributed by atoms with Crippen LogP contribution in [0.2, 0.25) is 0 Å². The summed E-state index contributed by atoms with van der Waals surface area (Å²) in [5.41, 5.74) is 0. The highest BCUT2D eigenvalue weighted by Crippen LogP contribution is 2.28. The average molecular weight is 195 g/mol. The lowest BCUT2D eigenvalue weighted by atomic mass is 9.92. The van der Waals surface area contributed by atoms with Crippen molar-refractivity contribution in [3.8, 4) is 0 Å². The predicted molar refractivity (Wildman–Crippen MR) is 57.3 cm³/mol. The monoisotopic (exact) mass is 195 g/mol. The van der Waals surface area contributed by atoms with Crippen LogP contribution in [-0.4, -0.2) is 29.8 Å². The fraction of sp³-hybridized carbons (Fsp3) is 0.917. The van der Waals surface area contributed by atoms with Crippen LogP contribution >= 0.6 is 0 Å². The normalized spacial score (nSPS) is 30.1. The zero-order chi connectivity index (χ0) is 9.97. The average Bonchev–Trinajstić information content (AvgIpc) is 2.69. The number of carbonyl (C=O) groups excluding carboxylic acids is 1. The van der Waals surface area contributed by atoms with E-state index in [0.29, 0.717) is 11.8 Å². The zero-order valence-corrected chi connectivity index (χ0v) is 9.17. The summed E-state index contributed by atoms with van der Waals surface area (Å²) < 4.78 is 0. The van der Waals surface area contributed by atoms with E-state index < -0.39 is 0 Å². The number of Topliss-reactive ketones (excluding diaryl/α,β-unsaturated/α-hetero) is 1. The molecule has 2 aliphatic rings. The summed E-state index contributed by atoms with van der Waals surface area (Å²) >= 11 is 0. The molecule has 2 aliphatic carbocycles. The lowest BCUT2D eigenvalue weighted by molar-refractivity contribution is -0.122. The number of ketones is 1. The minimum absolute atomic E-state index is 0.478. The summed E-state index contributed by atoms with van der Waals surface area (Å²) in [6.07, 6.45) is 9.45. The Kier molecular flexibility index (Phi) is 3.22. The van der Waals surface area contributed by atoms with Crippen LogP contribution < -0.4 is 0 Å². The lowest BCUT2D eigenvalue weighted by Crippen LogP contribution is -2.41. The van der Waals surface area contributed by atoms with Gasteiger partial charge in [-0.3, -0.25) is 4.79 Å². The van der Waals surface area contributed by atoms with Gasteiger partial charge in [0.15, 0.2) is 0 Å². The Balaban J connectivity index is 1.89. The molecular weight excluding hydrogens is 174 g/mol. The first-order chi connectivity index (χ1) is 6.77. The molecule has 0 amide bonds. The number of hydrogen-bond acceptors (Lipinski definition) is 2. The second-order valence-electron chi connectivity index (χ2n) is 4.89. The van der Waals surface area contributed by atoms with Gasteiger partial charge >= 0.3 is 0 Å². The number of nitrogens with zero attached hydrogens (tertiary/aromatic N) is 1. The maximum atomic E-state index is 11.4. The molecule has 0 aromatic rings. The van der Waals surface area contributed by atoms with E-state index in [2.05, 4.69) is 11.9 Å². The van der Waals surface area contributed by atoms with Gasteiger partial charge in [-0.2, -0.15) is 0 Å². The molecule has 0 N–H and O–H groups in total. The summed E-state index contributed by atoms with van der Waals surface area (Å²) in [6.45, 7) is 0. The number of rotatable bonds is 2. The Hall–Kier alpha value is -0.370. The van der Waals surface area contributed by atoms with Crippen LogP contribution in [0.25, 0.3) is 0 Å². The Bertz CT molecular complexity index is 208. The quantitative estimate of drug-likeness (QED) is 0.674. The highest BCUT2D eigenvalue weighted by Gasteiger charge is 2.28. The van der Waals surface area contributed by atoms with Crippen LogP contribution in [0.3, 0.4) is 0 Å². The van der Waals surface area contributed by atoms with Gasteiger partial charge in [-0.1, -0.05) is 12.8 Å². The number of hydrogen-bond donors (Lipinski definition) is 0. The summed E-state index contributed by atoms with van der Waals surface area (Å²) in [4.78, 5) is 13.9. The van der Waals surface area contributed by atoms with Crippen LogP contribution in [-0.2, 0) is 4.79 Å². The SMILES string of the molecule is CN(C1CCCC1)C1CCCC(=O)C1. The largest absolute Gasteiger partial charge is 0.300 e. The van der Waals surface area contributed by atoms with Crippen molar-refractivity contribution >= 4 is 5.78 Å². The third-order valence-electron chi connectivity index (χ3n) is 3.93. The Morgan fingerprint density at radius 2 is 1.71 bits per heavy atom. The molecule has 0 bridgehead atoms. The Morgan fingerprint density at radius 3 is 2.36 bits per heavy atom. The van der Waals surface area contributed by atoms with Gasteiger partial charge < -0.3 is 4.90 Å². The second-order valence-corrected chi connectivity index (χ2v) is 4.89. The molecule has 0 saturated heterocycles. The van der Waals surface area contributed by atoms with E-state index >= 15 is 0 Å². The first kappa shape index (κ1) is 10.2. The van der Waals surface area contributed by atoms with Crippen molar-refractivity contribution in [3.05, 3.63) is 0 Å². The lowest BCUT2D eigenvalue weighted by Gasteiger charge is -2.34. The first-order valence-electron chi connectivity index (χ1n) is 6.01. The summed E-state index contributed by atoms with van der Waals surface area (Å²) in [5, 5.41) is 0. The fourth-order valence-corrected chi connectivity index (χ4v) is 2.96. The van der Waals surface area contributed by atoms with E-state index in [1.165, 1.54) is 32.1 Å². The molecule has 0 aromatic carbocycles. The first-order valence-corrected chi connectivity index (χ1v) is 6.01. The highest BCUT2D eigenvalue weighted by molar-refractivity contribution is 5.79. The van der Waals surface area contributed by atoms with E-state index in [1.807, 2.05) is 0 Å². The van der Waals surface area contributed by atoms with Crippen LogP contribution in [0, 0.1) is 0 Å². The van der Waals surface area contributed by atoms with Crippen molar-refractivity contribution in [1.29, 1.82) is 0 Å². The minimum Gasteiger partial charge on any atom is -0.300 e. The molecule has 0 radical (unpaired) electrons. The molecule has 0 spiro atoms. The molecule has 2 saturated carbocycles. The fourth-order valence-electron chi connectivity index (χ4n) is 2.96. The van der Waals surface area contributed by atoms with Gasteiger partial charge in [-0.15, -0.1) is 0 Å².